The molecule has 1 saturated carbocycles. The highest BCUT2D eigenvalue weighted by Crippen LogP contribution is 2.28. The molecule has 1 aliphatic carbocycles. The van der Waals surface area contributed by atoms with Gasteiger partial charge in [0.15, 0.2) is 0 Å². The van der Waals surface area contributed by atoms with E-state index in [1.54, 1.807) is 0 Å². The van der Waals surface area contributed by atoms with E-state index in [0.29, 0.717) is 24.7 Å². The Morgan fingerprint density at radius 1 is 1.43 bits per heavy atom. The lowest BCUT2D eigenvalue weighted by molar-refractivity contribution is -0.122. The van der Waals surface area contributed by atoms with Gasteiger partial charge in [0.05, 0.1) is 0 Å². The average Bonchev–Trinajstić information content (AvgIpc) is 2.99. The average molecular weight is 237 g/mol. The van der Waals surface area contributed by atoms with E-state index in [-0.39, 0.29) is 11.8 Å². The van der Waals surface area contributed by atoms with E-state index in [2.05, 4.69) is 10.6 Å². The first kappa shape index (κ1) is 11.8. The second-order valence-corrected chi connectivity index (χ2v) is 4.00. The number of carbonyl (C=O) groups excluding carboxylic acids is 1. The first-order valence-electron chi connectivity index (χ1n) is 4.67. The van der Waals surface area contributed by atoms with Crippen molar-refractivity contribution < 1.29 is 4.79 Å². The summed E-state index contributed by atoms with van der Waals surface area (Å²) < 4.78 is 0. The molecule has 5 heteroatoms. The molecule has 0 aliphatic heterocycles. The minimum absolute atomic E-state index is 0.172. The van der Waals surface area contributed by atoms with Gasteiger partial charge in [-0.2, -0.15) is 0 Å². The highest BCUT2D eigenvalue weighted by molar-refractivity contribution is 6.36. The van der Waals surface area contributed by atoms with Crippen LogP contribution in [0.1, 0.15) is 12.8 Å². The molecule has 0 unspecified atom stereocenters. The van der Waals surface area contributed by atoms with Crippen LogP contribution in [0, 0.1) is 5.92 Å². The smallest absolute Gasteiger partial charge is 0.223 e. The maximum Gasteiger partial charge on any atom is 0.223 e. The van der Waals surface area contributed by atoms with E-state index in [1.807, 2.05) is 0 Å². The fourth-order valence-corrected chi connectivity index (χ4v) is 1.18. The van der Waals surface area contributed by atoms with Crippen LogP contribution in [0.5, 0.6) is 0 Å². The molecule has 3 nitrogen and oxygen atoms in total. The summed E-state index contributed by atoms with van der Waals surface area (Å²) in [5.41, 5.74) is 1.33. The number of amides is 1. The summed E-state index contributed by atoms with van der Waals surface area (Å²) in [5, 5.41) is 6.46. The molecular weight excluding hydrogens is 223 g/mol. The summed E-state index contributed by atoms with van der Waals surface area (Å²) in [7, 11) is 0. The molecule has 0 heterocycles. The van der Waals surface area contributed by atoms with Gasteiger partial charge in [0.1, 0.15) is 0 Å². The molecule has 0 aromatic carbocycles. The monoisotopic (exact) mass is 236 g/mol. The lowest BCUT2D eigenvalue weighted by Gasteiger charge is -2.05. The molecule has 1 fully saturated rings. The molecule has 0 saturated heterocycles. The van der Waals surface area contributed by atoms with E-state index in [9.17, 15) is 4.79 Å². The summed E-state index contributed by atoms with van der Waals surface area (Å²) in [4.78, 5) is 11.2. The quantitative estimate of drug-likeness (QED) is 0.686. The van der Waals surface area contributed by atoms with Gasteiger partial charge in [0.25, 0.3) is 0 Å². The van der Waals surface area contributed by atoms with Crippen LogP contribution in [0.4, 0.5) is 0 Å². The lowest BCUT2D eigenvalue weighted by Crippen LogP contribution is -2.33. The lowest BCUT2D eigenvalue weighted by atomic mass is 10.4. The Kier molecular flexibility index (Phi) is 5.30. The van der Waals surface area contributed by atoms with Gasteiger partial charge in [-0.3, -0.25) is 4.79 Å². The zero-order valence-corrected chi connectivity index (χ0v) is 9.37. The minimum atomic E-state index is 0.172. The zero-order chi connectivity index (χ0) is 10.4. The molecule has 0 atom stereocenters. The van der Waals surface area contributed by atoms with Crippen molar-refractivity contribution >= 4 is 29.1 Å². The van der Waals surface area contributed by atoms with Crippen molar-refractivity contribution in [1.82, 2.24) is 10.6 Å². The van der Waals surface area contributed by atoms with Crippen LogP contribution in [0.2, 0.25) is 0 Å². The van der Waals surface area contributed by atoms with Crippen LogP contribution in [-0.4, -0.2) is 25.5 Å². The predicted molar refractivity (Wildman–Crippen MR) is 58.4 cm³/mol. The van der Waals surface area contributed by atoms with Crippen molar-refractivity contribution in [2.75, 3.05) is 19.6 Å². The Balaban J connectivity index is 1.91. The third-order valence-corrected chi connectivity index (χ3v) is 2.58. The SMILES string of the molecule is O=C(NCCNC/C(Cl)=C\Cl)C1CC1. The topological polar surface area (TPSA) is 41.1 Å². The number of hydrogen-bond acceptors (Lipinski definition) is 2. The van der Waals surface area contributed by atoms with Gasteiger partial charge in [-0.25, -0.2) is 0 Å². The molecule has 0 aromatic rings. The first-order chi connectivity index (χ1) is 6.74. The van der Waals surface area contributed by atoms with Crippen molar-refractivity contribution in [2.45, 2.75) is 12.8 Å². The Hall–Kier alpha value is -0.250. The van der Waals surface area contributed by atoms with E-state index < -0.39 is 0 Å². The van der Waals surface area contributed by atoms with Gasteiger partial charge in [0.2, 0.25) is 5.91 Å². The van der Waals surface area contributed by atoms with E-state index >= 15 is 0 Å². The second kappa shape index (κ2) is 6.27. The van der Waals surface area contributed by atoms with Crippen LogP contribution < -0.4 is 10.6 Å². The van der Waals surface area contributed by atoms with Crippen molar-refractivity contribution in [3.8, 4) is 0 Å². The van der Waals surface area contributed by atoms with Crippen molar-refractivity contribution in [1.29, 1.82) is 0 Å². The number of rotatable bonds is 6. The highest BCUT2D eigenvalue weighted by atomic mass is 35.5. The van der Waals surface area contributed by atoms with Crippen molar-refractivity contribution in [3.63, 3.8) is 0 Å². The Morgan fingerprint density at radius 3 is 2.71 bits per heavy atom. The summed E-state index contributed by atoms with van der Waals surface area (Å²) in [6.45, 7) is 1.89. The molecule has 0 aromatic heterocycles. The molecule has 80 valence electrons. The third-order valence-electron chi connectivity index (χ3n) is 1.96. The van der Waals surface area contributed by atoms with Gasteiger partial charge < -0.3 is 10.6 Å². The molecule has 14 heavy (non-hydrogen) atoms. The van der Waals surface area contributed by atoms with Gasteiger partial charge in [0, 0.05) is 36.1 Å². The molecule has 0 spiro atoms. The third kappa shape index (κ3) is 4.84. The number of carbonyl (C=O) groups is 1. The molecule has 1 rings (SSSR count). The predicted octanol–water partition coefficient (Wildman–Crippen LogP) is 1.42. The second-order valence-electron chi connectivity index (χ2n) is 3.30. The fourth-order valence-electron chi connectivity index (χ4n) is 1.01. The summed E-state index contributed by atoms with van der Waals surface area (Å²) in [5.74, 6) is 0.451. The van der Waals surface area contributed by atoms with E-state index in [0.717, 1.165) is 12.8 Å². The summed E-state index contributed by atoms with van der Waals surface area (Å²) in [6, 6.07) is 0. The van der Waals surface area contributed by atoms with E-state index in [1.165, 1.54) is 5.54 Å². The molecule has 1 aliphatic rings. The molecule has 2 N–H and O–H groups in total. The van der Waals surface area contributed by atoms with Crippen LogP contribution in [-0.2, 0) is 4.79 Å². The largest absolute Gasteiger partial charge is 0.355 e. The van der Waals surface area contributed by atoms with Crippen molar-refractivity contribution in [2.24, 2.45) is 5.92 Å². The van der Waals surface area contributed by atoms with Gasteiger partial charge >= 0.3 is 0 Å². The van der Waals surface area contributed by atoms with Crippen LogP contribution in [0.3, 0.4) is 0 Å². The summed E-state index contributed by atoms with van der Waals surface area (Å²) >= 11 is 11.0. The molecular formula is C9H14Cl2N2O. The maximum absolute atomic E-state index is 11.2. The van der Waals surface area contributed by atoms with Gasteiger partial charge in [-0.15, -0.1) is 0 Å². The maximum atomic E-state index is 11.2. The minimum Gasteiger partial charge on any atom is -0.355 e. The van der Waals surface area contributed by atoms with Gasteiger partial charge in [-0.05, 0) is 12.8 Å². The Bertz CT molecular complexity index is 227. The molecule has 1 amide bonds. The Morgan fingerprint density at radius 2 is 2.14 bits per heavy atom. The highest BCUT2D eigenvalue weighted by Gasteiger charge is 2.28. The zero-order valence-electron chi connectivity index (χ0n) is 7.85. The van der Waals surface area contributed by atoms with Crippen molar-refractivity contribution in [3.05, 3.63) is 10.6 Å². The van der Waals surface area contributed by atoms with E-state index in [4.69, 9.17) is 23.2 Å². The standard InChI is InChI=1S/C9H14Cl2N2O/c10-5-8(11)6-12-3-4-13-9(14)7-1-2-7/h5,7,12H,1-4,6H2,(H,13,14)/b8-5+. The normalized spacial score (nSPS) is 16.9. The fraction of sp³-hybridized carbons (Fsp3) is 0.667. The van der Waals surface area contributed by atoms with Crippen LogP contribution in [0.25, 0.3) is 0 Å². The number of halogens is 2. The molecule has 0 radical (unpaired) electrons. The molecule has 0 bridgehead atoms. The first-order valence-corrected chi connectivity index (χ1v) is 5.48. The number of hydrogen-bond donors (Lipinski definition) is 2. The van der Waals surface area contributed by atoms with Crippen LogP contribution >= 0.6 is 23.2 Å². The van der Waals surface area contributed by atoms with Gasteiger partial charge in [-0.1, -0.05) is 23.2 Å². The van der Waals surface area contributed by atoms with Crippen LogP contribution in [0.15, 0.2) is 10.6 Å². The summed E-state index contributed by atoms with van der Waals surface area (Å²) in [6.07, 6.45) is 2.08. The Labute approximate surface area is 93.8 Å². The number of nitrogens with one attached hydrogen (secondary N) is 2.